The van der Waals surface area contributed by atoms with Gasteiger partial charge in [-0.05, 0) is 6.42 Å². The molecule has 0 spiro atoms. The number of anilines is 2. The fourth-order valence-electron chi connectivity index (χ4n) is 2.29. The first-order chi connectivity index (χ1) is 9.93. The number of Topliss-reactive ketones (excluding diaryl/α,β-unsaturated/α-hetero) is 1. The van der Waals surface area contributed by atoms with Crippen molar-refractivity contribution >= 4 is 33.7 Å². The van der Waals surface area contributed by atoms with Crippen LogP contribution in [0.4, 0.5) is 10.7 Å². The molecule has 1 aliphatic rings. The van der Waals surface area contributed by atoms with Gasteiger partial charge in [-0.2, -0.15) is 0 Å². The SMILES string of the molecule is CC(C)C(=O)c1sc(N2CCCOCC2)c(C(N)=O)c1N. The van der Waals surface area contributed by atoms with Gasteiger partial charge in [0.05, 0.1) is 22.7 Å². The van der Waals surface area contributed by atoms with E-state index in [0.29, 0.717) is 29.6 Å². The first-order valence-electron chi connectivity index (χ1n) is 7.02. The minimum atomic E-state index is -0.591. The van der Waals surface area contributed by atoms with E-state index >= 15 is 0 Å². The molecule has 4 N–H and O–H groups in total. The van der Waals surface area contributed by atoms with Crippen molar-refractivity contribution < 1.29 is 14.3 Å². The Morgan fingerprint density at radius 1 is 1.29 bits per heavy atom. The lowest BCUT2D eigenvalue weighted by Gasteiger charge is -2.20. The maximum Gasteiger partial charge on any atom is 0.253 e. The van der Waals surface area contributed by atoms with Gasteiger partial charge in [0.25, 0.3) is 5.91 Å². The number of ketones is 1. The maximum atomic E-state index is 12.2. The van der Waals surface area contributed by atoms with E-state index in [1.165, 1.54) is 11.3 Å². The number of hydrogen-bond donors (Lipinski definition) is 2. The van der Waals surface area contributed by atoms with Crippen molar-refractivity contribution in [1.82, 2.24) is 0 Å². The summed E-state index contributed by atoms with van der Waals surface area (Å²) in [7, 11) is 0. The normalized spacial score (nSPS) is 16.0. The summed E-state index contributed by atoms with van der Waals surface area (Å²) in [6, 6.07) is 0. The third kappa shape index (κ3) is 3.19. The van der Waals surface area contributed by atoms with E-state index in [1.54, 1.807) is 0 Å². The zero-order chi connectivity index (χ0) is 15.6. The van der Waals surface area contributed by atoms with Crippen molar-refractivity contribution in [2.24, 2.45) is 11.7 Å². The molecular weight excluding hydrogens is 290 g/mol. The Hall–Kier alpha value is -1.60. The van der Waals surface area contributed by atoms with Crippen LogP contribution in [0.15, 0.2) is 0 Å². The van der Waals surface area contributed by atoms with Gasteiger partial charge in [-0.15, -0.1) is 11.3 Å². The Balaban J connectivity index is 2.46. The van der Waals surface area contributed by atoms with Gasteiger partial charge in [-0.1, -0.05) is 13.8 Å². The van der Waals surface area contributed by atoms with Gasteiger partial charge in [0.1, 0.15) is 5.00 Å². The standard InChI is InChI=1S/C14H21N3O3S/c1-8(2)11(18)12-10(15)9(13(16)19)14(21-12)17-4-3-6-20-7-5-17/h8H,3-7,15H2,1-2H3,(H2,16,19). The van der Waals surface area contributed by atoms with Crippen LogP contribution in [-0.2, 0) is 4.74 Å². The van der Waals surface area contributed by atoms with Crippen LogP contribution in [0.25, 0.3) is 0 Å². The van der Waals surface area contributed by atoms with E-state index in [0.717, 1.165) is 13.0 Å². The molecule has 0 bridgehead atoms. The number of thiophene rings is 1. The number of amides is 1. The lowest BCUT2D eigenvalue weighted by atomic mass is 10.1. The van der Waals surface area contributed by atoms with Crippen LogP contribution in [0, 0.1) is 5.92 Å². The molecule has 0 radical (unpaired) electrons. The van der Waals surface area contributed by atoms with E-state index in [4.69, 9.17) is 16.2 Å². The van der Waals surface area contributed by atoms with Gasteiger partial charge < -0.3 is 21.1 Å². The van der Waals surface area contributed by atoms with Crippen LogP contribution in [-0.4, -0.2) is 38.0 Å². The second-order valence-electron chi connectivity index (χ2n) is 5.36. The average molecular weight is 311 g/mol. The van der Waals surface area contributed by atoms with Crippen LogP contribution in [0.5, 0.6) is 0 Å². The molecule has 0 unspecified atom stereocenters. The summed E-state index contributed by atoms with van der Waals surface area (Å²) < 4.78 is 5.42. The van der Waals surface area contributed by atoms with Crippen molar-refractivity contribution in [1.29, 1.82) is 0 Å². The largest absolute Gasteiger partial charge is 0.397 e. The third-order valence-electron chi connectivity index (χ3n) is 3.43. The van der Waals surface area contributed by atoms with E-state index in [2.05, 4.69) is 0 Å². The molecule has 2 heterocycles. The van der Waals surface area contributed by atoms with Crippen molar-refractivity contribution in [3.63, 3.8) is 0 Å². The molecule has 0 aromatic carbocycles. The van der Waals surface area contributed by atoms with Crippen molar-refractivity contribution in [2.45, 2.75) is 20.3 Å². The van der Waals surface area contributed by atoms with Crippen LogP contribution >= 0.6 is 11.3 Å². The number of carbonyl (C=O) groups is 2. The number of ether oxygens (including phenoxy) is 1. The fraction of sp³-hybridized carbons (Fsp3) is 0.571. The summed E-state index contributed by atoms with van der Waals surface area (Å²) in [6.45, 7) is 6.32. The molecule has 1 aromatic rings. The highest BCUT2D eigenvalue weighted by Gasteiger charge is 2.28. The average Bonchev–Trinajstić information content (AvgIpc) is 2.62. The Kier molecular flexibility index (Phi) is 4.84. The number of nitrogens with two attached hydrogens (primary N) is 2. The molecule has 1 aliphatic heterocycles. The smallest absolute Gasteiger partial charge is 0.253 e. The van der Waals surface area contributed by atoms with E-state index in [1.807, 2.05) is 18.7 Å². The zero-order valence-corrected chi connectivity index (χ0v) is 13.2. The Morgan fingerprint density at radius 2 is 2.00 bits per heavy atom. The lowest BCUT2D eigenvalue weighted by Crippen LogP contribution is -2.27. The van der Waals surface area contributed by atoms with Gasteiger partial charge in [0.2, 0.25) is 0 Å². The molecule has 116 valence electrons. The second-order valence-corrected chi connectivity index (χ2v) is 6.36. The number of carbonyl (C=O) groups excluding carboxylic acids is 2. The molecule has 1 saturated heterocycles. The minimum absolute atomic E-state index is 0.0580. The van der Waals surface area contributed by atoms with Gasteiger partial charge in [0, 0.05) is 25.6 Å². The highest BCUT2D eigenvalue weighted by Crippen LogP contribution is 2.39. The van der Waals surface area contributed by atoms with Gasteiger partial charge >= 0.3 is 0 Å². The van der Waals surface area contributed by atoms with Crippen molar-refractivity contribution in [3.05, 3.63) is 10.4 Å². The molecule has 0 saturated carbocycles. The predicted octanol–water partition coefficient (Wildman–Crippen LogP) is 1.49. The Morgan fingerprint density at radius 3 is 2.62 bits per heavy atom. The molecule has 1 amide bonds. The highest BCUT2D eigenvalue weighted by molar-refractivity contribution is 7.19. The topological polar surface area (TPSA) is 98.6 Å². The lowest BCUT2D eigenvalue weighted by molar-refractivity contribution is 0.0944. The molecule has 2 rings (SSSR count). The second kappa shape index (κ2) is 6.44. The summed E-state index contributed by atoms with van der Waals surface area (Å²) in [4.78, 5) is 26.5. The van der Waals surface area contributed by atoms with Gasteiger partial charge in [0.15, 0.2) is 5.78 Å². The first kappa shape index (κ1) is 15.8. The summed E-state index contributed by atoms with van der Waals surface area (Å²) in [6.07, 6.45) is 0.865. The molecule has 0 aliphatic carbocycles. The molecule has 1 aromatic heterocycles. The molecule has 0 atom stereocenters. The summed E-state index contributed by atoms with van der Waals surface area (Å²) in [5.41, 5.74) is 12.0. The molecule has 1 fully saturated rings. The fourth-order valence-corrected chi connectivity index (χ4v) is 3.65. The maximum absolute atomic E-state index is 12.2. The molecular formula is C14H21N3O3S. The Bertz CT molecular complexity index is 546. The zero-order valence-electron chi connectivity index (χ0n) is 12.3. The predicted molar refractivity (Wildman–Crippen MR) is 84.1 cm³/mol. The van der Waals surface area contributed by atoms with E-state index in [9.17, 15) is 9.59 Å². The minimum Gasteiger partial charge on any atom is -0.397 e. The van der Waals surface area contributed by atoms with Crippen molar-refractivity contribution in [2.75, 3.05) is 36.9 Å². The van der Waals surface area contributed by atoms with Crippen LogP contribution < -0.4 is 16.4 Å². The number of nitrogens with zero attached hydrogens (tertiary/aromatic N) is 1. The molecule has 21 heavy (non-hydrogen) atoms. The van der Waals surface area contributed by atoms with E-state index in [-0.39, 0.29) is 23.0 Å². The third-order valence-corrected chi connectivity index (χ3v) is 4.71. The van der Waals surface area contributed by atoms with Crippen LogP contribution in [0.2, 0.25) is 0 Å². The first-order valence-corrected chi connectivity index (χ1v) is 7.84. The summed E-state index contributed by atoms with van der Waals surface area (Å²) in [5.74, 6) is -0.823. The van der Waals surface area contributed by atoms with Crippen LogP contribution in [0.3, 0.4) is 0 Å². The number of rotatable bonds is 4. The Labute approximate surface area is 128 Å². The number of nitrogen functional groups attached to an aromatic ring is 1. The molecule has 6 nitrogen and oxygen atoms in total. The van der Waals surface area contributed by atoms with Gasteiger partial charge in [-0.25, -0.2) is 0 Å². The summed E-state index contributed by atoms with van der Waals surface area (Å²) in [5, 5.41) is 0.689. The number of primary amides is 1. The van der Waals surface area contributed by atoms with Crippen molar-refractivity contribution in [3.8, 4) is 0 Å². The summed E-state index contributed by atoms with van der Waals surface area (Å²) >= 11 is 1.26. The van der Waals surface area contributed by atoms with E-state index < -0.39 is 5.91 Å². The molecule has 7 heteroatoms. The highest BCUT2D eigenvalue weighted by atomic mass is 32.1. The number of hydrogen-bond acceptors (Lipinski definition) is 6. The monoisotopic (exact) mass is 311 g/mol. The quantitative estimate of drug-likeness (QED) is 0.821. The van der Waals surface area contributed by atoms with Gasteiger partial charge in [-0.3, -0.25) is 9.59 Å². The van der Waals surface area contributed by atoms with Crippen LogP contribution in [0.1, 0.15) is 40.3 Å².